The van der Waals surface area contributed by atoms with E-state index in [4.69, 9.17) is 11.6 Å². The van der Waals surface area contributed by atoms with Crippen molar-refractivity contribution < 1.29 is 0 Å². The molecule has 0 aliphatic carbocycles. The smallest absolute Gasteiger partial charge is 0.180 e. The van der Waals surface area contributed by atoms with Crippen molar-refractivity contribution in [1.82, 2.24) is 19.9 Å². The van der Waals surface area contributed by atoms with E-state index in [-0.39, 0.29) is 0 Å². The lowest BCUT2D eigenvalue weighted by molar-refractivity contribution is 0.312. The third-order valence-electron chi connectivity index (χ3n) is 3.23. The summed E-state index contributed by atoms with van der Waals surface area (Å²) in [6.07, 6.45) is 1.72. The monoisotopic (exact) mass is 341 g/mol. The highest BCUT2D eigenvalue weighted by Gasteiger charge is 2.19. The van der Waals surface area contributed by atoms with Gasteiger partial charge in [0, 0.05) is 36.8 Å². The second-order valence-electron chi connectivity index (χ2n) is 4.62. The highest BCUT2D eigenvalue weighted by Crippen LogP contribution is 2.25. The fraction of sp³-hybridized carbons (Fsp3) is 0.417. The van der Waals surface area contributed by atoms with E-state index in [1.54, 1.807) is 6.20 Å². The minimum Gasteiger partial charge on any atom is -0.351 e. The SMILES string of the molecule is CN1CCN(c2nc3ncc(Br)cc3nc2Cl)CC1. The van der Waals surface area contributed by atoms with Crippen molar-refractivity contribution in [2.45, 2.75) is 0 Å². The molecule has 3 heterocycles. The first-order valence-electron chi connectivity index (χ1n) is 6.06. The summed E-state index contributed by atoms with van der Waals surface area (Å²) in [4.78, 5) is 17.7. The second kappa shape index (κ2) is 5.19. The number of aromatic nitrogens is 3. The van der Waals surface area contributed by atoms with Crippen LogP contribution in [0.2, 0.25) is 5.15 Å². The molecule has 1 saturated heterocycles. The van der Waals surface area contributed by atoms with Crippen molar-refractivity contribution in [2.75, 3.05) is 38.1 Å². The molecule has 2 aromatic rings. The Bertz CT molecular complexity index is 612. The van der Waals surface area contributed by atoms with E-state index >= 15 is 0 Å². The number of piperazine rings is 1. The van der Waals surface area contributed by atoms with Crippen LogP contribution >= 0.6 is 27.5 Å². The molecule has 19 heavy (non-hydrogen) atoms. The molecule has 0 saturated carbocycles. The summed E-state index contributed by atoms with van der Waals surface area (Å²) in [7, 11) is 2.12. The van der Waals surface area contributed by atoms with Gasteiger partial charge in [-0.2, -0.15) is 0 Å². The Morgan fingerprint density at radius 3 is 2.68 bits per heavy atom. The van der Waals surface area contributed by atoms with Crippen molar-refractivity contribution in [3.05, 3.63) is 21.9 Å². The lowest BCUT2D eigenvalue weighted by atomic mass is 10.3. The summed E-state index contributed by atoms with van der Waals surface area (Å²) in [6, 6.07) is 1.87. The third kappa shape index (κ3) is 2.66. The van der Waals surface area contributed by atoms with Crippen LogP contribution in [-0.2, 0) is 0 Å². The number of rotatable bonds is 1. The van der Waals surface area contributed by atoms with E-state index in [0.717, 1.165) is 36.5 Å². The van der Waals surface area contributed by atoms with E-state index in [9.17, 15) is 0 Å². The number of hydrogen-bond acceptors (Lipinski definition) is 5. The normalized spacial score (nSPS) is 17.1. The van der Waals surface area contributed by atoms with Crippen LogP contribution in [0.5, 0.6) is 0 Å². The van der Waals surface area contributed by atoms with E-state index in [1.165, 1.54) is 0 Å². The first-order valence-corrected chi connectivity index (χ1v) is 7.23. The standard InChI is InChI=1S/C12H13BrClN5/c1-18-2-4-19(5-3-18)12-10(14)16-9-6-8(13)7-15-11(9)17-12/h6-7H,2-5H2,1H3. The van der Waals surface area contributed by atoms with E-state index in [2.05, 4.69) is 47.7 Å². The van der Waals surface area contributed by atoms with Gasteiger partial charge < -0.3 is 9.80 Å². The molecule has 3 rings (SSSR count). The molecule has 2 aromatic heterocycles. The van der Waals surface area contributed by atoms with Gasteiger partial charge in [-0.05, 0) is 29.0 Å². The predicted octanol–water partition coefficient (Wildman–Crippen LogP) is 2.19. The molecule has 1 aliphatic heterocycles. The van der Waals surface area contributed by atoms with Crippen molar-refractivity contribution in [3.63, 3.8) is 0 Å². The summed E-state index contributed by atoms with van der Waals surface area (Å²) in [5, 5.41) is 0.442. The van der Waals surface area contributed by atoms with Crippen molar-refractivity contribution in [3.8, 4) is 0 Å². The minimum absolute atomic E-state index is 0.442. The Morgan fingerprint density at radius 1 is 1.21 bits per heavy atom. The summed E-state index contributed by atoms with van der Waals surface area (Å²) < 4.78 is 0.873. The second-order valence-corrected chi connectivity index (χ2v) is 5.90. The van der Waals surface area contributed by atoms with Crippen LogP contribution in [0.1, 0.15) is 0 Å². The van der Waals surface area contributed by atoms with Gasteiger partial charge in [-0.15, -0.1) is 0 Å². The van der Waals surface area contributed by atoms with Crippen LogP contribution in [0.3, 0.4) is 0 Å². The predicted molar refractivity (Wildman–Crippen MR) is 79.8 cm³/mol. The first-order chi connectivity index (χ1) is 9.13. The number of nitrogens with zero attached hydrogens (tertiary/aromatic N) is 5. The third-order valence-corrected chi connectivity index (χ3v) is 3.92. The summed E-state index contributed by atoms with van der Waals surface area (Å²) in [6.45, 7) is 3.83. The van der Waals surface area contributed by atoms with Crippen LogP contribution in [0.15, 0.2) is 16.7 Å². The zero-order chi connectivity index (χ0) is 13.4. The quantitative estimate of drug-likeness (QED) is 0.795. The van der Waals surface area contributed by atoms with Gasteiger partial charge >= 0.3 is 0 Å². The van der Waals surface area contributed by atoms with Gasteiger partial charge in [0.15, 0.2) is 16.6 Å². The first kappa shape index (κ1) is 13.0. The highest BCUT2D eigenvalue weighted by atomic mass is 79.9. The van der Waals surface area contributed by atoms with Crippen LogP contribution in [0.4, 0.5) is 5.82 Å². The maximum Gasteiger partial charge on any atom is 0.180 e. The molecule has 0 radical (unpaired) electrons. The van der Waals surface area contributed by atoms with E-state index in [0.29, 0.717) is 16.3 Å². The minimum atomic E-state index is 0.442. The molecule has 5 nitrogen and oxygen atoms in total. The molecule has 1 fully saturated rings. The van der Waals surface area contributed by atoms with Crippen molar-refractivity contribution in [2.24, 2.45) is 0 Å². The molecular weight excluding hydrogens is 330 g/mol. The maximum atomic E-state index is 6.25. The van der Waals surface area contributed by atoms with Crippen LogP contribution in [-0.4, -0.2) is 53.1 Å². The topological polar surface area (TPSA) is 45.2 Å². The summed E-state index contributed by atoms with van der Waals surface area (Å²) >= 11 is 9.62. The lowest BCUT2D eigenvalue weighted by Gasteiger charge is -2.33. The molecule has 0 atom stereocenters. The van der Waals surface area contributed by atoms with Crippen LogP contribution in [0, 0.1) is 0 Å². The molecule has 1 aliphatic rings. The van der Waals surface area contributed by atoms with Crippen LogP contribution < -0.4 is 4.90 Å². The van der Waals surface area contributed by atoms with E-state index < -0.39 is 0 Å². The largest absolute Gasteiger partial charge is 0.351 e. The molecule has 0 unspecified atom stereocenters. The van der Waals surface area contributed by atoms with Gasteiger partial charge in [0.1, 0.15) is 5.52 Å². The Balaban J connectivity index is 1.99. The fourth-order valence-corrected chi connectivity index (χ4v) is 2.68. The highest BCUT2D eigenvalue weighted by molar-refractivity contribution is 9.10. The zero-order valence-electron chi connectivity index (χ0n) is 10.5. The molecule has 0 N–H and O–H groups in total. The Hall–Kier alpha value is -0.980. The molecular formula is C12H13BrClN5. The van der Waals surface area contributed by atoms with Gasteiger partial charge in [-0.3, -0.25) is 0 Å². The zero-order valence-corrected chi connectivity index (χ0v) is 12.8. The lowest BCUT2D eigenvalue weighted by Crippen LogP contribution is -2.45. The molecule has 0 spiro atoms. The molecule has 0 amide bonds. The van der Waals surface area contributed by atoms with Gasteiger partial charge in [-0.1, -0.05) is 11.6 Å². The van der Waals surface area contributed by atoms with Gasteiger partial charge in [0.2, 0.25) is 0 Å². The Kier molecular flexibility index (Phi) is 3.56. The van der Waals surface area contributed by atoms with Gasteiger partial charge in [0.05, 0.1) is 0 Å². The Morgan fingerprint density at radius 2 is 1.95 bits per heavy atom. The van der Waals surface area contributed by atoms with Gasteiger partial charge in [-0.25, -0.2) is 15.0 Å². The summed E-state index contributed by atoms with van der Waals surface area (Å²) in [5.74, 6) is 0.733. The van der Waals surface area contributed by atoms with Gasteiger partial charge in [0.25, 0.3) is 0 Å². The van der Waals surface area contributed by atoms with E-state index in [1.807, 2.05) is 6.07 Å². The molecule has 100 valence electrons. The molecule has 7 heteroatoms. The molecule has 0 aromatic carbocycles. The maximum absolute atomic E-state index is 6.25. The summed E-state index contributed by atoms with van der Waals surface area (Å²) in [5.41, 5.74) is 1.33. The number of likely N-dealkylation sites (N-methyl/N-ethyl adjacent to an activating group) is 1. The number of pyridine rings is 1. The van der Waals surface area contributed by atoms with Crippen molar-refractivity contribution in [1.29, 1.82) is 0 Å². The number of fused-ring (bicyclic) bond motifs is 1. The fourth-order valence-electron chi connectivity index (χ4n) is 2.11. The average Bonchev–Trinajstić information content (AvgIpc) is 2.39. The average molecular weight is 343 g/mol. The number of halogens is 2. The molecule has 0 bridgehead atoms. The number of anilines is 1. The van der Waals surface area contributed by atoms with Crippen LogP contribution in [0.25, 0.3) is 11.2 Å². The Labute approximate surface area is 124 Å². The number of hydrogen-bond donors (Lipinski definition) is 0. The van der Waals surface area contributed by atoms with Crippen molar-refractivity contribution >= 4 is 44.5 Å².